The van der Waals surface area contributed by atoms with E-state index in [0.717, 1.165) is 38.9 Å². The molecule has 1 aliphatic heterocycles. The molecular weight excluding hydrogens is 539 g/mol. The monoisotopic (exact) mass is 572 g/mol. The molecule has 3 N–H and O–H groups in total. The quantitative estimate of drug-likeness (QED) is 0.267. The normalized spacial score (nSPS) is 17.6. The van der Waals surface area contributed by atoms with Crippen LogP contribution in [0.15, 0.2) is 36.5 Å². The molecule has 0 amide bonds. The lowest BCUT2D eigenvalue weighted by molar-refractivity contribution is -0.137. The summed E-state index contributed by atoms with van der Waals surface area (Å²) in [5.41, 5.74) is 6.34. The largest absolute Gasteiger partial charge is 0.492 e. The van der Waals surface area contributed by atoms with E-state index in [1.54, 1.807) is 26.1 Å². The number of fused-ring (bicyclic) bond motifs is 2. The Morgan fingerprint density at radius 2 is 1.98 bits per heavy atom. The number of tetrazole rings is 1. The van der Waals surface area contributed by atoms with Crippen molar-refractivity contribution in [3.8, 4) is 28.3 Å². The van der Waals surface area contributed by atoms with E-state index in [9.17, 15) is 9.90 Å². The van der Waals surface area contributed by atoms with Crippen molar-refractivity contribution < 1.29 is 24.1 Å². The molecule has 0 saturated heterocycles. The Hall–Kier alpha value is -4.38. The van der Waals surface area contributed by atoms with Crippen LogP contribution < -0.4 is 10.1 Å². The summed E-state index contributed by atoms with van der Waals surface area (Å²) in [6, 6.07) is 8.92. The van der Waals surface area contributed by atoms with Gasteiger partial charge in [0.15, 0.2) is 0 Å². The molecule has 1 aliphatic carbocycles. The first-order valence-electron chi connectivity index (χ1n) is 14.0. The van der Waals surface area contributed by atoms with Gasteiger partial charge < -0.3 is 20.3 Å². The van der Waals surface area contributed by atoms with Gasteiger partial charge in [-0.1, -0.05) is 6.07 Å². The van der Waals surface area contributed by atoms with Gasteiger partial charge in [-0.15, -0.1) is 10.2 Å². The summed E-state index contributed by atoms with van der Waals surface area (Å²) in [6.07, 6.45) is 3.06. The van der Waals surface area contributed by atoms with Gasteiger partial charge >= 0.3 is 5.97 Å². The number of aryl methyl sites for hydroxylation is 2. The van der Waals surface area contributed by atoms with Crippen LogP contribution >= 0.6 is 0 Å². The highest BCUT2D eigenvalue weighted by atomic mass is 19.1. The molecule has 4 aromatic rings. The van der Waals surface area contributed by atoms with E-state index < -0.39 is 11.6 Å². The van der Waals surface area contributed by atoms with E-state index in [4.69, 9.17) is 9.84 Å². The lowest BCUT2D eigenvalue weighted by Gasteiger charge is -2.19. The Morgan fingerprint density at radius 3 is 2.69 bits per heavy atom. The SMILES string of the molecule is Cc1cc(-c2nnn(CC(C)(C)O)n2)cc(C)c1-c1ccc(F)c2c1CC[C@H]2Nc1cc2c(cn1)C(CC(=O)O)CO2. The first-order valence-corrected chi connectivity index (χ1v) is 14.0. The third kappa shape index (κ3) is 5.32. The van der Waals surface area contributed by atoms with Gasteiger partial charge in [-0.3, -0.25) is 4.79 Å². The van der Waals surface area contributed by atoms with E-state index in [1.807, 2.05) is 32.0 Å². The third-order valence-corrected chi connectivity index (χ3v) is 7.89. The number of aliphatic carboxylic acids is 1. The summed E-state index contributed by atoms with van der Waals surface area (Å²) >= 11 is 0. The number of hydrogen-bond donors (Lipinski definition) is 3. The maximum atomic E-state index is 15.4. The third-order valence-electron chi connectivity index (χ3n) is 7.89. The fourth-order valence-electron chi connectivity index (χ4n) is 6.18. The van der Waals surface area contributed by atoms with Crippen molar-refractivity contribution in [1.29, 1.82) is 0 Å². The van der Waals surface area contributed by atoms with Gasteiger partial charge in [0, 0.05) is 34.9 Å². The number of nitrogens with zero attached hydrogens (tertiary/aromatic N) is 5. The van der Waals surface area contributed by atoms with Crippen LogP contribution in [0, 0.1) is 19.7 Å². The van der Waals surface area contributed by atoms with E-state index in [1.165, 1.54) is 10.9 Å². The molecule has 0 radical (unpaired) electrons. The number of rotatable bonds is 8. The summed E-state index contributed by atoms with van der Waals surface area (Å²) < 4.78 is 21.1. The van der Waals surface area contributed by atoms with Crippen LogP contribution in [0.2, 0.25) is 0 Å². The Balaban J connectivity index is 1.28. The number of pyridine rings is 1. The van der Waals surface area contributed by atoms with Gasteiger partial charge in [0.05, 0.1) is 31.2 Å². The minimum absolute atomic E-state index is 0.00995. The Bertz CT molecular complexity index is 1670. The second-order valence-corrected chi connectivity index (χ2v) is 11.9. The summed E-state index contributed by atoms with van der Waals surface area (Å²) in [6.45, 7) is 7.97. The lowest BCUT2D eigenvalue weighted by atomic mass is 9.89. The fourth-order valence-corrected chi connectivity index (χ4v) is 6.18. The number of halogens is 1. The van der Waals surface area contributed by atoms with Crippen molar-refractivity contribution in [2.24, 2.45) is 0 Å². The second-order valence-electron chi connectivity index (χ2n) is 11.9. The molecule has 3 heterocycles. The van der Waals surface area contributed by atoms with Crippen LogP contribution in [0.4, 0.5) is 10.2 Å². The first-order chi connectivity index (χ1) is 20.0. The molecule has 2 aromatic heterocycles. The Morgan fingerprint density at radius 1 is 1.21 bits per heavy atom. The molecule has 2 atom stereocenters. The number of nitrogens with one attached hydrogen (secondary N) is 1. The van der Waals surface area contributed by atoms with Crippen molar-refractivity contribution in [3.05, 3.63) is 70.2 Å². The van der Waals surface area contributed by atoms with Gasteiger partial charge in [0.2, 0.25) is 5.82 Å². The molecule has 11 heteroatoms. The maximum absolute atomic E-state index is 15.4. The Kier molecular flexibility index (Phi) is 6.92. The highest BCUT2D eigenvalue weighted by molar-refractivity contribution is 5.79. The number of ether oxygens (including phenoxy) is 1. The van der Waals surface area contributed by atoms with E-state index in [0.29, 0.717) is 42.4 Å². The van der Waals surface area contributed by atoms with Crippen molar-refractivity contribution in [1.82, 2.24) is 25.2 Å². The average molecular weight is 573 g/mol. The average Bonchev–Trinajstić information content (AvgIpc) is 3.63. The van der Waals surface area contributed by atoms with E-state index >= 15 is 4.39 Å². The van der Waals surface area contributed by atoms with Gasteiger partial charge in [0.25, 0.3) is 0 Å². The van der Waals surface area contributed by atoms with Gasteiger partial charge in [0.1, 0.15) is 17.4 Å². The zero-order valence-corrected chi connectivity index (χ0v) is 24.0. The van der Waals surface area contributed by atoms with Gasteiger partial charge in [-0.2, -0.15) is 4.80 Å². The molecular formula is C31H33FN6O4. The highest BCUT2D eigenvalue weighted by Crippen LogP contribution is 2.44. The number of anilines is 1. The van der Waals surface area contributed by atoms with Gasteiger partial charge in [-0.25, -0.2) is 9.37 Å². The van der Waals surface area contributed by atoms with Gasteiger partial charge in [-0.05, 0) is 91.8 Å². The minimum atomic E-state index is -0.960. The number of carboxylic acid groups (broad SMARTS) is 1. The minimum Gasteiger partial charge on any atom is -0.492 e. The van der Waals surface area contributed by atoms with Crippen molar-refractivity contribution in [2.45, 2.75) is 71.1 Å². The van der Waals surface area contributed by atoms with Crippen molar-refractivity contribution in [3.63, 3.8) is 0 Å². The van der Waals surface area contributed by atoms with Crippen LogP contribution in [-0.4, -0.2) is 53.6 Å². The van der Waals surface area contributed by atoms with Crippen LogP contribution in [0.5, 0.6) is 5.75 Å². The zero-order chi connectivity index (χ0) is 29.8. The smallest absolute Gasteiger partial charge is 0.304 e. The number of hydrogen-bond acceptors (Lipinski definition) is 8. The number of carbonyl (C=O) groups is 1. The molecule has 6 rings (SSSR count). The molecule has 0 fully saturated rings. The highest BCUT2D eigenvalue weighted by Gasteiger charge is 2.31. The number of aliphatic hydroxyl groups is 1. The molecule has 218 valence electrons. The van der Waals surface area contributed by atoms with Crippen LogP contribution in [0.25, 0.3) is 22.5 Å². The topological polar surface area (TPSA) is 135 Å². The first kappa shape index (κ1) is 27.8. The molecule has 2 aromatic carbocycles. The standard InChI is InChI=1S/C31H33FN6O4/c1-16-9-18(30-35-37-38(36-30)15-31(3,4)41)10-17(2)28(16)20-5-7-23(32)29-21(20)6-8-24(29)34-26-12-25-22(13-33-26)19(14-42-25)11-27(39)40/h5,7,9-10,12-13,19,24,41H,6,8,11,14-15H2,1-4H3,(H,33,34)(H,39,40)/t19?,24-/m1/s1. The van der Waals surface area contributed by atoms with Crippen LogP contribution in [-0.2, 0) is 17.8 Å². The van der Waals surface area contributed by atoms with Crippen molar-refractivity contribution in [2.75, 3.05) is 11.9 Å². The molecule has 0 spiro atoms. The molecule has 2 aliphatic rings. The predicted molar refractivity (Wildman–Crippen MR) is 154 cm³/mol. The van der Waals surface area contributed by atoms with Crippen LogP contribution in [0.3, 0.4) is 0 Å². The molecule has 0 bridgehead atoms. The van der Waals surface area contributed by atoms with Crippen LogP contribution in [0.1, 0.15) is 66.5 Å². The molecule has 10 nitrogen and oxygen atoms in total. The molecule has 42 heavy (non-hydrogen) atoms. The summed E-state index contributed by atoms with van der Waals surface area (Å²) in [5, 5.41) is 35.3. The number of benzene rings is 2. The fraction of sp³-hybridized carbons (Fsp3) is 0.387. The molecule has 1 unspecified atom stereocenters. The maximum Gasteiger partial charge on any atom is 0.304 e. The number of carboxylic acids is 1. The molecule has 0 saturated carbocycles. The summed E-state index contributed by atoms with van der Waals surface area (Å²) in [4.78, 5) is 17.1. The zero-order valence-electron chi connectivity index (χ0n) is 24.0. The summed E-state index contributed by atoms with van der Waals surface area (Å²) in [5.74, 6) is 0.299. The van der Waals surface area contributed by atoms with E-state index in [-0.39, 0.29) is 30.7 Å². The predicted octanol–water partition coefficient (Wildman–Crippen LogP) is 4.98. The Labute approximate surface area is 242 Å². The van der Waals surface area contributed by atoms with E-state index in [2.05, 4.69) is 25.7 Å². The lowest BCUT2D eigenvalue weighted by Crippen LogP contribution is -2.27. The second kappa shape index (κ2) is 10.5. The summed E-state index contributed by atoms with van der Waals surface area (Å²) in [7, 11) is 0. The van der Waals surface area contributed by atoms with Crippen molar-refractivity contribution >= 4 is 11.8 Å². The number of aromatic nitrogens is 5.